The van der Waals surface area contributed by atoms with Gasteiger partial charge in [0, 0.05) is 18.2 Å². The lowest BCUT2D eigenvalue weighted by atomic mass is 10.1. The van der Waals surface area contributed by atoms with Crippen LogP contribution in [0.4, 0.5) is 0 Å². The summed E-state index contributed by atoms with van der Waals surface area (Å²) in [6.07, 6.45) is 0.924. The zero-order valence-electron chi connectivity index (χ0n) is 12.4. The average molecular weight is 290 g/mol. The Morgan fingerprint density at radius 2 is 2.24 bits per heavy atom. The number of carbonyl (C=O) groups is 1. The molecule has 1 unspecified atom stereocenters. The molecule has 0 aromatic carbocycles. The van der Waals surface area contributed by atoms with E-state index in [2.05, 4.69) is 15.2 Å². The molecule has 2 aromatic heterocycles. The van der Waals surface area contributed by atoms with Crippen LogP contribution in [0.3, 0.4) is 0 Å². The maximum absolute atomic E-state index is 11.6. The molecule has 0 aliphatic carbocycles. The maximum atomic E-state index is 11.6. The summed E-state index contributed by atoms with van der Waals surface area (Å²) in [7, 11) is 0. The molecule has 2 aromatic rings. The standard InChI is InChI=1S/C14H18N4O3/c1-8-13(10(3)19)9(2)18(16-8)6-12-15-14(17-21-12)11-4-5-20-7-11/h11H,4-7H2,1-3H3. The van der Waals surface area contributed by atoms with Gasteiger partial charge in [-0.3, -0.25) is 9.48 Å². The predicted molar refractivity (Wildman–Crippen MR) is 73.3 cm³/mol. The Bertz CT molecular complexity index is 668. The third-order valence-electron chi connectivity index (χ3n) is 3.80. The van der Waals surface area contributed by atoms with Crippen LogP contribution < -0.4 is 0 Å². The molecule has 7 heteroatoms. The number of ketones is 1. The van der Waals surface area contributed by atoms with E-state index in [1.807, 2.05) is 13.8 Å². The lowest BCUT2D eigenvalue weighted by Gasteiger charge is -2.01. The van der Waals surface area contributed by atoms with Crippen LogP contribution in [-0.4, -0.2) is 38.9 Å². The Kier molecular flexibility index (Phi) is 3.59. The molecule has 3 heterocycles. The first-order chi connectivity index (χ1) is 10.1. The summed E-state index contributed by atoms with van der Waals surface area (Å²) >= 11 is 0. The highest BCUT2D eigenvalue weighted by Gasteiger charge is 2.24. The summed E-state index contributed by atoms with van der Waals surface area (Å²) in [5, 5.41) is 8.39. The maximum Gasteiger partial charge on any atom is 0.248 e. The van der Waals surface area contributed by atoms with Crippen LogP contribution in [0.25, 0.3) is 0 Å². The Labute approximate surface area is 122 Å². The summed E-state index contributed by atoms with van der Waals surface area (Å²) in [4.78, 5) is 16.0. The lowest BCUT2D eigenvalue weighted by Crippen LogP contribution is -2.06. The first kappa shape index (κ1) is 13.9. The molecule has 1 aliphatic heterocycles. The number of Topliss-reactive ketones (excluding diaryl/α,β-unsaturated/α-hetero) is 1. The van der Waals surface area contributed by atoms with Crippen molar-refractivity contribution in [2.24, 2.45) is 0 Å². The fourth-order valence-electron chi connectivity index (χ4n) is 2.72. The third-order valence-corrected chi connectivity index (χ3v) is 3.80. The first-order valence-electron chi connectivity index (χ1n) is 7.01. The molecule has 21 heavy (non-hydrogen) atoms. The number of aromatic nitrogens is 4. The number of aryl methyl sites for hydroxylation is 1. The van der Waals surface area contributed by atoms with Crippen LogP contribution in [0.1, 0.15) is 52.7 Å². The van der Waals surface area contributed by atoms with Crippen LogP contribution in [0.2, 0.25) is 0 Å². The predicted octanol–water partition coefficient (Wildman–Crippen LogP) is 1.64. The van der Waals surface area contributed by atoms with Gasteiger partial charge >= 0.3 is 0 Å². The largest absolute Gasteiger partial charge is 0.381 e. The van der Waals surface area contributed by atoms with Gasteiger partial charge in [0.1, 0.15) is 6.54 Å². The van der Waals surface area contributed by atoms with Crippen LogP contribution in [-0.2, 0) is 11.3 Å². The van der Waals surface area contributed by atoms with Gasteiger partial charge in [-0.1, -0.05) is 5.16 Å². The monoisotopic (exact) mass is 290 g/mol. The van der Waals surface area contributed by atoms with Gasteiger partial charge < -0.3 is 9.26 Å². The van der Waals surface area contributed by atoms with Gasteiger partial charge in [-0.15, -0.1) is 0 Å². The molecule has 0 bridgehead atoms. The van der Waals surface area contributed by atoms with Gasteiger partial charge in [0.25, 0.3) is 0 Å². The van der Waals surface area contributed by atoms with E-state index in [0.29, 0.717) is 30.4 Å². The Hall–Kier alpha value is -2.02. The smallest absolute Gasteiger partial charge is 0.248 e. The van der Waals surface area contributed by atoms with E-state index in [4.69, 9.17) is 9.26 Å². The third kappa shape index (κ3) is 2.61. The number of rotatable bonds is 4. The second-order valence-corrected chi connectivity index (χ2v) is 5.37. The zero-order chi connectivity index (χ0) is 15.0. The van der Waals surface area contributed by atoms with Crippen molar-refractivity contribution in [2.45, 2.75) is 39.7 Å². The fourth-order valence-corrected chi connectivity index (χ4v) is 2.72. The molecule has 112 valence electrons. The van der Waals surface area contributed by atoms with Gasteiger partial charge in [-0.05, 0) is 27.2 Å². The van der Waals surface area contributed by atoms with Crippen LogP contribution in [0.5, 0.6) is 0 Å². The Morgan fingerprint density at radius 3 is 2.86 bits per heavy atom. The van der Waals surface area contributed by atoms with Crippen molar-refractivity contribution in [2.75, 3.05) is 13.2 Å². The molecule has 0 spiro atoms. The molecule has 1 atom stereocenters. The number of hydrogen-bond donors (Lipinski definition) is 0. The molecule has 0 amide bonds. The number of carbonyl (C=O) groups excluding carboxylic acids is 1. The van der Waals surface area contributed by atoms with Crippen molar-refractivity contribution in [3.63, 3.8) is 0 Å². The molecular weight excluding hydrogens is 272 g/mol. The summed E-state index contributed by atoms with van der Waals surface area (Å²) in [6.45, 7) is 7.02. The van der Waals surface area contributed by atoms with Crippen molar-refractivity contribution in [3.8, 4) is 0 Å². The van der Waals surface area contributed by atoms with Crippen molar-refractivity contribution in [1.82, 2.24) is 19.9 Å². The zero-order valence-corrected chi connectivity index (χ0v) is 12.4. The molecule has 0 radical (unpaired) electrons. The minimum absolute atomic E-state index is 0.0190. The fraction of sp³-hybridized carbons (Fsp3) is 0.571. The Morgan fingerprint density at radius 1 is 1.43 bits per heavy atom. The minimum Gasteiger partial charge on any atom is -0.381 e. The van der Waals surface area contributed by atoms with Gasteiger partial charge in [0.2, 0.25) is 5.89 Å². The summed E-state index contributed by atoms with van der Waals surface area (Å²) < 4.78 is 12.3. The normalized spacial score (nSPS) is 18.3. The molecule has 0 N–H and O–H groups in total. The second-order valence-electron chi connectivity index (χ2n) is 5.37. The van der Waals surface area contributed by atoms with E-state index in [1.165, 1.54) is 0 Å². The lowest BCUT2D eigenvalue weighted by molar-refractivity contribution is 0.101. The molecular formula is C14H18N4O3. The molecule has 7 nitrogen and oxygen atoms in total. The number of nitrogens with zero attached hydrogens (tertiary/aromatic N) is 4. The van der Waals surface area contributed by atoms with Gasteiger partial charge in [-0.25, -0.2) is 0 Å². The average Bonchev–Trinajstić information content (AvgIpc) is 3.11. The summed E-state index contributed by atoms with van der Waals surface area (Å²) in [5.41, 5.74) is 2.21. The minimum atomic E-state index is 0.0190. The topological polar surface area (TPSA) is 83.0 Å². The van der Waals surface area contributed by atoms with E-state index < -0.39 is 0 Å². The van der Waals surface area contributed by atoms with Crippen molar-refractivity contribution in [3.05, 3.63) is 28.7 Å². The summed E-state index contributed by atoms with van der Waals surface area (Å²) in [6, 6.07) is 0. The highest BCUT2D eigenvalue weighted by Crippen LogP contribution is 2.23. The van der Waals surface area contributed by atoms with Crippen molar-refractivity contribution >= 4 is 5.78 Å². The van der Waals surface area contributed by atoms with E-state index >= 15 is 0 Å². The molecule has 1 fully saturated rings. The first-order valence-corrected chi connectivity index (χ1v) is 7.01. The van der Waals surface area contributed by atoms with Crippen molar-refractivity contribution < 1.29 is 14.1 Å². The molecule has 3 rings (SSSR count). The van der Waals surface area contributed by atoms with Crippen LogP contribution in [0.15, 0.2) is 4.52 Å². The van der Waals surface area contributed by atoms with Gasteiger partial charge in [-0.2, -0.15) is 10.1 Å². The molecule has 1 saturated heterocycles. The van der Waals surface area contributed by atoms with E-state index in [0.717, 1.165) is 24.4 Å². The second kappa shape index (κ2) is 5.40. The van der Waals surface area contributed by atoms with Crippen LogP contribution in [0, 0.1) is 13.8 Å². The van der Waals surface area contributed by atoms with Crippen molar-refractivity contribution in [1.29, 1.82) is 0 Å². The van der Waals surface area contributed by atoms with E-state index in [-0.39, 0.29) is 11.7 Å². The van der Waals surface area contributed by atoms with E-state index in [9.17, 15) is 4.79 Å². The highest BCUT2D eigenvalue weighted by atomic mass is 16.5. The quantitative estimate of drug-likeness (QED) is 0.796. The number of hydrogen-bond acceptors (Lipinski definition) is 6. The SMILES string of the molecule is CC(=O)c1c(C)nn(Cc2nc(C3CCOC3)no2)c1C. The van der Waals surface area contributed by atoms with Crippen LogP contribution >= 0.6 is 0 Å². The van der Waals surface area contributed by atoms with Gasteiger partial charge in [0.05, 0.1) is 17.9 Å². The summed E-state index contributed by atoms with van der Waals surface area (Å²) in [5.74, 6) is 1.43. The van der Waals surface area contributed by atoms with Gasteiger partial charge in [0.15, 0.2) is 11.6 Å². The molecule has 0 saturated carbocycles. The van der Waals surface area contributed by atoms with E-state index in [1.54, 1.807) is 11.6 Å². The molecule has 1 aliphatic rings. The Balaban J connectivity index is 1.81. The number of ether oxygens (including phenoxy) is 1. The highest BCUT2D eigenvalue weighted by molar-refractivity contribution is 5.96.